The molecule has 0 amide bonds. The first-order valence-electron chi connectivity index (χ1n) is 4.37. The number of quaternary nitrogens is 1. The van der Waals surface area contributed by atoms with Crippen LogP contribution in [0.4, 0.5) is 0 Å². The van der Waals surface area contributed by atoms with Crippen molar-refractivity contribution in [1.29, 1.82) is 0 Å². The van der Waals surface area contributed by atoms with Gasteiger partial charge in [0.2, 0.25) is 0 Å². The van der Waals surface area contributed by atoms with Gasteiger partial charge in [-0.2, -0.15) is 5.43 Å². The zero-order valence-electron chi connectivity index (χ0n) is 7.97. The van der Waals surface area contributed by atoms with Gasteiger partial charge in [-0.3, -0.25) is 5.17 Å². The van der Waals surface area contributed by atoms with Crippen LogP contribution >= 0.6 is 0 Å². The van der Waals surface area contributed by atoms with Crippen molar-refractivity contribution in [3.05, 3.63) is 18.0 Å². The number of hydrogen-bond acceptors (Lipinski definition) is 3. The summed E-state index contributed by atoms with van der Waals surface area (Å²) < 4.78 is 0. The van der Waals surface area contributed by atoms with E-state index in [1.807, 2.05) is 0 Å². The van der Waals surface area contributed by atoms with E-state index in [0.717, 1.165) is 19.6 Å². The van der Waals surface area contributed by atoms with Crippen LogP contribution < -0.4 is 10.6 Å². The van der Waals surface area contributed by atoms with E-state index in [4.69, 9.17) is 0 Å². The molecule has 72 valence electrons. The molecule has 1 unspecified atom stereocenters. The molecule has 1 atom stereocenters. The van der Waals surface area contributed by atoms with Crippen molar-refractivity contribution < 1.29 is 5.17 Å². The van der Waals surface area contributed by atoms with Crippen LogP contribution in [-0.2, 0) is 0 Å². The molecule has 4 heteroatoms. The number of hydrogen-bond donors (Lipinski definition) is 2. The maximum atomic E-state index is 10.7. The second-order valence-corrected chi connectivity index (χ2v) is 2.52. The molecular weight excluding hydrogens is 154 g/mol. The largest absolute Gasteiger partial charge is 0.608 e. The van der Waals surface area contributed by atoms with Gasteiger partial charge in [-0.15, -0.1) is 0 Å². The maximum absolute atomic E-state index is 10.7. The summed E-state index contributed by atoms with van der Waals surface area (Å²) in [5.74, 6) is 0. The SMILES string of the molecule is C=C[NH+]([O-])NCCN(CC)CC. The fourth-order valence-electron chi connectivity index (χ4n) is 0.949. The molecule has 0 radical (unpaired) electrons. The first kappa shape index (κ1) is 11.6. The lowest BCUT2D eigenvalue weighted by Crippen LogP contribution is -3.10. The molecule has 0 saturated carbocycles. The first-order chi connectivity index (χ1) is 5.74. The van der Waals surface area contributed by atoms with Gasteiger partial charge in [0.05, 0.1) is 6.54 Å². The van der Waals surface area contributed by atoms with Gasteiger partial charge in [-0.25, -0.2) is 0 Å². The van der Waals surface area contributed by atoms with Crippen molar-refractivity contribution in [2.24, 2.45) is 0 Å². The van der Waals surface area contributed by atoms with Gasteiger partial charge in [0.25, 0.3) is 0 Å². The highest BCUT2D eigenvalue weighted by atomic mass is 16.5. The minimum absolute atomic E-state index is 0.0952. The van der Waals surface area contributed by atoms with Crippen molar-refractivity contribution in [3.8, 4) is 0 Å². The summed E-state index contributed by atoms with van der Waals surface area (Å²) in [4.78, 5) is 2.25. The van der Waals surface area contributed by atoms with Crippen LogP contribution in [-0.4, -0.2) is 31.1 Å². The fourth-order valence-corrected chi connectivity index (χ4v) is 0.949. The smallest absolute Gasteiger partial charge is 0.106 e. The topological polar surface area (TPSA) is 42.8 Å². The average molecular weight is 173 g/mol. The second kappa shape index (κ2) is 7.24. The summed E-state index contributed by atoms with van der Waals surface area (Å²) >= 11 is 0. The van der Waals surface area contributed by atoms with Crippen LogP contribution in [0.15, 0.2) is 12.8 Å². The number of rotatable bonds is 7. The Labute approximate surface area is 74.4 Å². The van der Waals surface area contributed by atoms with Crippen LogP contribution in [0.3, 0.4) is 0 Å². The van der Waals surface area contributed by atoms with E-state index in [0.29, 0.717) is 6.54 Å². The van der Waals surface area contributed by atoms with Gasteiger partial charge >= 0.3 is 0 Å². The summed E-state index contributed by atoms with van der Waals surface area (Å²) in [5.41, 5.74) is 2.73. The Balaban J connectivity index is 3.34. The molecule has 0 saturated heterocycles. The van der Waals surface area contributed by atoms with Crippen molar-refractivity contribution in [1.82, 2.24) is 10.3 Å². The fraction of sp³-hybridized carbons (Fsp3) is 0.750. The third-order valence-corrected chi connectivity index (χ3v) is 1.81. The van der Waals surface area contributed by atoms with Crippen LogP contribution in [0.25, 0.3) is 0 Å². The summed E-state index contributed by atoms with van der Waals surface area (Å²) in [6, 6.07) is 0. The van der Waals surface area contributed by atoms with Crippen LogP contribution in [0.2, 0.25) is 0 Å². The van der Waals surface area contributed by atoms with Crippen LogP contribution in [0.5, 0.6) is 0 Å². The molecule has 0 aliphatic heterocycles. The molecule has 12 heavy (non-hydrogen) atoms. The number of likely N-dealkylation sites (N-methyl/N-ethyl adjacent to an activating group) is 1. The van der Waals surface area contributed by atoms with E-state index < -0.39 is 0 Å². The minimum atomic E-state index is -0.0952. The molecule has 0 spiro atoms. The molecule has 4 nitrogen and oxygen atoms in total. The Kier molecular flexibility index (Phi) is 6.99. The molecule has 0 aromatic carbocycles. The Morgan fingerprint density at radius 3 is 2.50 bits per heavy atom. The highest BCUT2D eigenvalue weighted by molar-refractivity contribution is 4.52. The van der Waals surface area contributed by atoms with E-state index in [-0.39, 0.29) is 5.17 Å². The molecular formula is C8H19N3O. The lowest BCUT2D eigenvalue weighted by atomic mass is 10.5. The summed E-state index contributed by atoms with van der Waals surface area (Å²) in [5, 5.41) is 10.6. The number of nitrogens with one attached hydrogen (secondary N) is 2. The molecule has 0 fully saturated rings. The number of hydroxylamine groups is 1. The van der Waals surface area contributed by atoms with Crippen molar-refractivity contribution in [2.75, 3.05) is 26.2 Å². The lowest BCUT2D eigenvalue weighted by Gasteiger charge is -2.21. The van der Waals surface area contributed by atoms with Gasteiger partial charge in [0, 0.05) is 6.54 Å². The summed E-state index contributed by atoms with van der Waals surface area (Å²) in [7, 11) is 0. The van der Waals surface area contributed by atoms with Crippen molar-refractivity contribution in [2.45, 2.75) is 13.8 Å². The second-order valence-electron chi connectivity index (χ2n) is 2.52. The third kappa shape index (κ3) is 5.26. The highest BCUT2D eigenvalue weighted by Gasteiger charge is 1.98. The van der Waals surface area contributed by atoms with Gasteiger partial charge in [0.1, 0.15) is 6.20 Å². The van der Waals surface area contributed by atoms with E-state index in [9.17, 15) is 5.21 Å². The van der Waals surface area contributed by atoms with E-state index in [2.05, 4.69) is 30.8 Å². The Morgan fingerprint density at radius 2 is 2.08 bits per heavy atom. The molecule has 0 aromatic rings. The van der Waals surface area contributed by atoms with E-state index in [1.54, 1.807) is 0 Å². The van der Waals surface area contributed by atoms with Gasteiger partial charge < -0.3 is 10.1 Å². The monoisotopic (exact) mass is 173 g/mol. The molecule has 0 aromatic heterocycles. The molecule has 0 aliphatic rings. The standard InChI is InChI=1S/C8H19N3O/c1-4-10(5-2)8-7-9-11(12)6-3/h6,9,11H,3-5,7-8H2,1-2H3. The Bertz CT molecular complexity index is 115. The van der Waals surface area contributed by atoms with Crippen molar-refractivity contribution in [3.63, 3.8) is 0 Å². The summed E-state index contributed by atoms with van der Waals surface area (Å²) in [6.07, 6.45) is 1.29. The van der Waals surface area contributed by atoms with Gasteiger partial charge in [-0.05, 0) is 19.7 Å². The lowest BCUT2D eigenvalue weighted by molar-refractivity contribution is -0.842. The molecule has 0 bridgehead atoms. The average Bonchev–Trinajstić information content (AvgIpc) is 2.12. The van der Waals surface area contributed by atoms with Gasteiger partial charge in [0.15, 0.2) is 0 Å². The molecule has 0 aliphatic carbocycles. The quantitative estimate of drug-likeness (QED) is 0.503. The number of nitrogens with zero attached hydrogens (tertiary/aromatic N) is 1. The molecule has 2 N–H and O–H groups in total. The van der Waals surface area contributed by atoms with E-state index >= 15 is 0 Å². The first-order valence-corrected chi connectivity index (χ1v) is 4.37. The predicted molar refractivity (Wildman–Crippen MR) is 50.3 cm³/mol. The zero-order chi connectivity index (χ0) is 9.40. The normalized spacial score (nSPS) is 13.3. The summed E-state index contributed by atoms with van der Waals surface area (Å²) in [6.45, 7) is 11.3. The van der Waals surface area contributed by atoms with Crippen LogP contribution in [0, 0.1) is 5.21 Å². The Morgan fingerprint density at radius 1 is 1.50 bits per heavy atom. The van der Waals surface area contributed by atoms with E-state index in [1.165, 1.54) is 6.20 Å². The Hall–Kier alpha value is -0.420. The predicted octanol–water partition coefficient (Wildman–Crippen LogP) is -0.641. The zero-order valence-corrected chi connectivity index (χ0v) is 7.97. The maximum Gasteiger partial charge on any atom is 0.106 e. The molecule has 0 heterocycles. The molecule has 0 rings (SSSR count). The van der Waals surface area contributed by atoms with Crippen molar-refractivity contribution >= 4 is 0 Å². The highest BCUT2D eigenvalue weighted by Crippen LogP contribution is 1.82. The minimum Gasteiger partial charge on any atom is -0.608 e. The van der Waals surface area contributed by atoms with Crippen LogP contribution in [0.1, 0.15) is 13.8 Å². The third-order valence-electron chi connectivity index (χ3n) is 1.81. The van der Waals surface area contributed by atoms with Gasteiger partial charge in [-0.1, -0.05) is 13.8 Å².